The number of carbonyl (C=O) groups excluding carboxylic acids is 1. The van der Waals surface area contributed by atoms with Crippen molar-refractivity contribution in [2.75, 3.05) is 0 Å². The normalized spacial score (nSPS) is 18.1. The third-order valence-corrected chi connectivity index (χ3v) is 3.22. The van der Waals surface area contributed by atoms with Crippen molar-refractivity contribution in [1.82, 2.24) is 0 Å². The predicted molar refractivity (Wildman–Crippen MR) is 65.9 cm³/mol. The van der Waals surface area contributed by atoms with E-state index in [1.165, 1.54) is 16.7 Å². The summed E-state index contributed by atoms with van der Waals surface area (Å²) in [5.41, 5.74) is 9.26. The fourth-order valence-corrected chi connectivity index (χ4v) is 2.41. The van der Waals surface area contributed by atoms with Crippen molar-refractivity contribution in [3.8, 4) is 0 Å². The van der Waals surface area contributed by atoms with Crippen LogP contribution in [-0.4, -0.2) is 5.91 Å². The molecule has 84 valence electrons. The number of nitrogens with two attached hydrogens (primary N) is 1. The first-order chi connectivity index (χ1) is 7.68. The molecule has 2 N–H and O–H groups in total. The fraction of sp³-hybridized carbons (Fsp3) is 0.357. The standard InChI is InChI=1S/C14H17NO/c1-10-9-11-5-2-3-6-13(11)12(10)7-4-8-14(15)16/h2-3,5-6,9,12H,4,7-8H2,1H3,(H2,15,16). The second-order valence-electron chi connectivity index (χ2n) is 4.43. The second-order valence-corrected chi connectivity index (χ2v) is 4.43. The lowest BCUT2D eigenvalue weighted by atomic mass is 9.91. The van der Waals surface area contributed by atoms with Crippen LogP contribution in [-0.2, 0) is 4.79 Å². The predicted octanol–water partition coefficient (Wildman–Crippen LogP) is 2.84. The van der Waals surface area contributed by atoms with Gasteiger partial charge in [0, 0.05) is 12.3 Å². The van der Waals surface area contributed by atoms with E-state index in [4.69, 9.17) is 5.73 Å². The van der Waals surface area contributed by atoms with Gasteiger partial charge in [-0.3, -0.25) is 4.79 Å². The summed E-state index contributed by atoms with van der Waals surface area (Å²) < 4.78 is 0. The Balaban J connectivity index is 2.06. The number of amides is 1. The molecule has 0 saturated carbocycles. The minimum Gasteiger partial charge on any atom is -0.370 e. The van der Waals surface area contributed by atoms with Gasteiger partial charge in [-0.2, -0.15) is 0 Å². The summed E-state index contributed by atoms with van der Waals surface area (Å²) in [6, 6.07) is 8.46. The molecule has 1 aromatic carbocycles. The van der Waals surface area contributed by atoms with Crippen LogP contribution in [0.4, 0.5) is 0 Å². The van der Waals surface area contributed by atoms with Gasteiger partial charge in [-0.1, -0.05) is 35.9 Å². The average molecular weight is 215 g/mol. The smallest absolute Gasteiger partial charge is 0.217 e. The summed E-state index contributed by atoms with van der Waals surface area (Å²) in [4.78, 5) is 10.7. The van der Waals surface area contributed by atoms with Crippen molar-refractivity contribution in [3.05, 3.63) is 41.0 Å². The van der Waals surface area contributed by atoms with Crippen molar-refractivity contribution >= 4 is 12.0 Å². The number of primary amides is 1. The Labute approximate surface area is 96.2 Å². The van der Waals surface area contributed by atoms with Crippen molar-refractivity contribution in [2.45, 2.75) is 32.1 Å². The van der Waals surface area contributed by atoms with Crippen LogP contribution in [0.5, 0.6) is 0 Å². The second kappa shape index (κ2) is 4.52. The molecule has 0 aromatic heterocycles. The van der Waals surface area contributed by atoms with Gasteiger partial charge in [-0.15, -0.1) is 0 Å². The van der Waals surface area contributed by atoms with Crippen molar-refractivity contribution < 1.29 is 4.79 Å². The van der Waals surface area contributed by atoms with Gasteiger partial charge in [0.2, 0.25) is 5.91 Å². The van der Waals surface area contributed by atoms with Crippen LogP contribution in [0.2, 0.25) is 0 Å². The van der Waals surface area contributed by atoms with Crippen LogP contribution in [0.1, 0.15) is 43.2 Å². The van der Waals surface area contributed by atoms with Crippen LogP contribution in [0.15, 0.2) is 29.8 Å². The average Bonchev–Trinajstić information content (AvgIpc) is 2.55. The zero-order chi connectivity index (χ0) is 11.5. The van der Waals surface area contributed by atoms with Crippen LogP contribution in [0, 0.1) is 0 Å². The SMILES string of the molecule is CC1=Cc2ccccc2C1CCCC(N)=O. The zero-order valence-electron chi connectivity index (χ0n) is 9.57. The molecule has 0 spiro atoms. The molecule has 2 nitrogen and oxygen atoms in total. The number of rotatable bonds is 4. The van der Waals surface area contributed by atoms with Crippen LogP contribution < -0.4 is 5.73 Å². The van der Waals surface area contributed by atoms with Gasteiger partial charge in [0.1, 0.15) is 0 Å². The van der Waals surface area contributed by atoms with Crippen LogP contribution in [0.25, 0.3) is 6.08 Å². The summed E-state index contributed by atoms with van der Waals surface area (Å²) in [7, 11) is 0. The van der Waals surface area contributed by atoms with E-state index in [0.717, 1.165) is 12.8 Å². The summed E-state index contributed by atoms with van der Waals surface area (Å²) in [5.74, 6) is 0.281. The summed E-state index contributed by atoms with van der Waals surface area (Å²) in [5, 5.41) is 0. The Hall–Kier alpha value is -1.57. The number of carbonyl (C=O) groups is 1. The highest BCUT2D eigenvalue weighted by atomic mass is 16.1. The molecule has 16 heavy (non-hydrogen) atoms. The summed E-state index contributed by atoms with van der Waals surface area (Å²) >= 11 is 0. The lowest BCUT2D eigenvalue weighted by Crippen LogP contribution is -2.10. The van der Waals surface area contributed by atoms with E-state index in [0.29, 0.717) is 12.3 Å². The Kier molecular flexibility index (Phi) is 3.09. The third-order valence-electron chi connectivity index (χ3n) is 3.22. The lowest BCUT2D eigenvalue weighted by Gasteiger charge is -2.13. The largest absolute Gasteiger partial charge is 0.370 e. The molecule has 2 rings (SSSR count). The molecule has 0 saturated heterocycles. The van der Waals surface area contributed by atoms with E-state index in [9.17, 15) is 4.79 Å². The maximum atomic E-state index is 10.7. The monoisotopic (exact) mass is 215 g/mol. The molecular weight excluding hydrogens is 198 g/mol. The first-order valence-electron chi connectivity index (χ1n) is 5.74. The molecule has 0 bridgehead atoms. The van der Waals surface area contributed by atoms with Gasteiger partial charge < -0.3 is 5.73 Å². The Morgan fingerprint density at radius 3 is 2.88 bits per heavy atom. The first kappa shape index (κ1) is 10.9. The number of hydrogen-bond acceptors (Lipinski definition) is 1. The summed E-state index contributed by atoms with van der Waals surface area (Å²) in [6.45, 7) is 2.16. The quantitative estimate of drug-likeness (QED) is 0.824. The van der Waals surface area contributed by atoms with E-state index in [1.54, 1.807) is 0 Å². The number of allylic oxidation sites excluding steroid dienone is 1. The first-order valence-corrected chi connectivity index (χ1v) is 5.74. The van der Waals surface area contributed by atoms with Gasteiger partial charge >= 0.3 is 0 Å². The molecule has 0 radical (unpaired) electrons. The van der Waals surface area contributed by atoms with Crippen molar-refractivity contribution in [3.63, 3.8) is 0 Å². The minimum absolute atomic E-state index is 0.201. The summed E-state index contributed by atoms with van der Waals surface area (Å²) in [6.07, 6.45) is 4.62. The van der Waals surface area contributed by atoms with E-state index < -0.39 is 0 Å². The van der Waals surface area contributed by atoms with Gasteiger partial charge in [-0.25, -0.2) is 0 Å². The molecule has 1 aromatic rings. The van der Waals surface area contributed by atoms with E-state index in [-0.39, 0.29) is 5.91 Å². The number of fused-ring (bicyclic) bond motifs is 1. The minimum atomic E-state index is -0.201. The van der Waals surface area contributed by atoms with Crippen LogP contribution >= 0.6 is 0 Å². The molecule has 1 unspecified atom stereocenters. The van der Waals surface area contributed by atoms with Gasteiger partial charge in [0.15, 0.2) is 0 Å². The highest BCUT2D eigenvalue weighted by Crippen LogP contribution is 2.38. The highest BCUT2D eigenvalue weighted by Gasteiger charge is 2.21. The number of hydrogen-bond donors (Lipinski definition) is 1. The highest BCUT2D eigenvalue weighted by molar-refractivity contribution is 5.73. The molecule has 1 amide bonds. The Morgan fingerprint density at radius 1 is 1.38 bits per heavy atom. The number of benzene rings is 1. The Morgan fingerprint density at radius 2 is 2.12 bits per heavy atom. The molecule has 0 aliphatic heterocycles. The molecule has 0 fully saturated rings. The van der Waals surface area contributed by atoms with Gasteiger partial charge in [0.25, 0.3) is 0 Å². The van der Waals surface area contributed by atoms with E-state index in [1.807, 2.05) is 0 Å². The maximum absolute atomic E-state index is 10.7. The molecule has 1 aliphatic rings. The fourth-order valence-electron chi connectivity index (χ4n) is 2.41. The van der Waals surface area contributed by atoms with E-state index in [2.05, 4.69) is 37.3 Å². The van der Waals surface area contributed by atoms with Crippen molar-refractivity contribution in [2.24, 2.45) is 5.73 Å². The lowest BCUT2D eigenvalue weighted by molar-refractivity contribution is -0.118. The zero-order valence-corrected chi connectivity index (χ0v) is 9.57. The van der Waals surface area contributed by atoms with E-state index >= 15 is 0 Å². The Bertz CT molecular complexity index is 434. The van der Waals surface area contributed by atoms with Crippen LogP contribution in [0.3, 0.4) is 0 Å². The molecule has 2 heteroatoms. The molecular formula is C14H17NO. The molecule has 0 heterocycles. The molecule has 1 aliphatic carbocycles. The molecule has 1 atom stereocenters. The maximum Gasteiger partial charge on any atom is 0.217 e. The topological polar surface area (TPSA) is 43.1 Å². The third kappa shape index (κ3) is 2.16. The van der Waals surface area contributed by atoms with Crippen molar-refractivity contribution in [1.29, 1.82) is 0 Å². The van der Waals surface area contributed by atoms with Gasteiger partial charge in [-0.05, 0) is 30.9 Å². The van der Waals surface area contributed by atoms with Gasteiger partial charge in [0.05, 0.1) is 0 Å².